The van der Waals surface area contributed by atoms with Gasteiger partial charge in [0.1, 0.15) is 13.2 Å². The molecule has 134 valence electrons. The Labute approximate surface area is 154 Å². The summed E-state index contributed by atoms with van der Waals surface area (Å²) in [4.78, 5) is 15.1. The maximum Gasteiger partial charge on any atom is 0.164 e. The summed E-state index contributed by atoms with van der Waals surface area (Å²) in [6, 6.07) is 16.1. The monoisotopic (exact) mass is 349 g/mol. The third-order valence-corrected chi connectivity index (χ3v) is 5.06. The summed E-state index contributed by atoms with van der Waals surface area (Å²) in [5, 5.41) is 0. The van der Waals surface area contributed by atoms with Crippen LogP contribution in [0.5, 0.6) is 11.5 Å². The van der Waals surface area contributed by atoms with E-state index >= 15 is 0 Å². The van der Waals surface area contributed by atoms with Gasteiger partial charge >= 0.3 is 0 Å². The van der Waals surface area contributed by atoms with Gasteiger partial charge in [-0.05, 0) is 36.3 Å². The summed E-state index contributed by atoms with van der Waals surface area (Å²) in [6.07, 6.45) is 2.76. The standard InChI is InChI=1S/C22H23NO3/c1-16(23-10-9-19(15-23)17-5-3-2-4-6-17)13-20(24)18-7-8-21-22(14-18)26-12-11-25-21/h2-9,14,16H,10-13,15H2,1H3. The Hall–Kier alpha value is -2.59. The Balaban J connectivity index is 1.38. The molecule has 1 atom stereocenters. The molecule has 4 heteroatoms. The van der Waals surface area contributed by atoms with Crippen LogP contribution in [0.1, 0.15) is 29.3 Å². The van der Waals surface area contributed by atoms with Crippen LogP contribution in [-0.4, -0.2) is 43.0 Å². The molecular formula is C22H23NO3. The van der Waals surface area contributed by atoms with Crippen LogP contribution in [0.4, 0.5) is 0 Å². The van der Waals surface area contributed by atoms with Crippen molar-refractivity contribution in [3.8, 4) is 11.5 Å². The average Bonchev–Trinajstić information content (AvgIpc) is 3.18. The molecule has 2 aromatic carbocycles. The minimum atomic E-state index is 0.141. The Morgan fingerprint density at radius 2 is 1.85 bits per heavy atom. The molecule has 0 amide bonds. The van der Waals surface area contributed by atoms with Crippen LogP contribution in [0.3, 0.4) is 0 Å². The maximum atomic E-state index is 12.7. The summed E-state index contributed by atoms with van der Waals surface area (Å²) in [7, 11) is 0. The van der Waals surface area contributed by atoms with Gasteiger partial charge in [-0.25, -0.2) is 0 Å². The van der Waals surface area contributed by atoms with E-state index in [1.165, 1.54) is 11.1 Å². The molecule has 4 nitrogen and oxygen atoms in total. The van der Waals surface area contributed by atoms with Crippen molar-refractivity contribution in [1.82, 2.24) is 4.90 Å². The largest absolute Gasteiger partial charge is 0.486 e. The Kier molecular flexibility index (Phi) is 4.76. The summed E-state index contributed by atoms with van der Waals surface area (Å²) >= 11 is 0. The number of rotatable bonds is 5. The molecule has 0 bridgehead atoms. The van der Waals surface area contributed by atoms with E-state index in [-0.39, 0.29) is 11.8 Å². The lowest BCUT2D eigenvalue weighted by Gasteiger charge is -2.24. The zero-order valence-corrected chi connectivity index (χ0v) is 15.0. The fourth-order valence-corrected chi connectivity index (χ4v) is 3.50. The summed E-state index contributed by atoms with van der Waals surface area (Å²) in [5.74, 6) is 1.53. The molecule has 0 spiro atoms. The number of hydrogen-bond acceptors (Lipinski definition) is 4. The average molecular weight is 349 g/mol. The quantitative estimate of drug-likeness (QED) is 0.769. The third-order valence-electron chi connectivity index (χ3n) is 5.06. The molecule has 1 unspecified atom stereocenters. The predicted octanol–water partition coefficient (Wildman–Crippen LogP) is 3.82. The number of carbonyl (C=O) groups excluding carboxylic acids is 1. The van der Waals surface area contributed by atoms with Crippen molar-refractivity contribution in [2.24, 2.45) is 0 Å². The highest BCUT2D eigenvalue weighted by Crippen LogP contribution is 2.31. The van der Waals surface area contributed by atoms with E-state index in [1.807, 2.05) is 18.2 Å². The van der Waals surface area contributed by atoms with Gasteiger partial charge in [-0.1, -0.05) is 36.4 Å². The number of benzene rings is 2. The van der Waals surface area contributed by atoms with Gasteiger partial charge in [0.05, 0.1) is 0 Å². The molecule has 0 radical (unpaired) electrons. The SMILES string of the molecule is CC(CC(=O)c1ccc2c(c1)OCCO2)N1CC=C(c2ccccc2)C1. The molecule has 2 aromatic rings. The Morgan fingerprint density at radius 3 is 2.65 bits per heavy atom. The van der Waals surface area contributed by atoms with E-state index in [0.29, 0.717) is 30.9 Å². The second-order valence-electron chi connectivity index (χ2n) is 6.86. The molecule has 0 fully saturated rings. The highest BCUT2D eigenvalue weighted by atomic mass is 16.6. The summed E-state index contributed by atoms with van der Waals surface area (Å²) in [5.41, 5.74) is 3.29. The summed E-state index contributed by atoms with van der Waals surface area (Å²) in [6.45, 7) is 4.99. The molecule has 26 heavy (non-hydrogen) atoms. The topological polar surface area (TPSA) is 38.8 Å². The van der Waals surface area contributed by atoms with Crippen LogP contribution in [-0.2, 0) is 0 Å². The van der Waals surface area contributed by atoms with Gasteiger partial charge in [0.25, 0.3) is 0 Å². The van der Waals surface area contributed by atoms with Crippen LogP contribution in [0.2, 0.25) is 0 Å². The molecule has 0 saturated carbocycles. The van der Waals surface area contributed by atoms with Crippen molar-refractivity contribution in [1.29, 1.82) is 0 Å². The van der Waals surface area contributed by atoms with Crippen molar-refractivity contribution < 1.29 is 14.3 Å². The lowest BCUT2D eigenvalue weighted by atomic mass is 10.0. The number of Topliss-reactive ketones (excluding diaryl/α,β-unsaturated/α-hetero) is 1. The number of ketones is 1. The summed E-state index contributed by atoms with van der Waals surface area (Å²) < 4.78 is 11.1. The molecular weight excluding hydrogens is 326 g/mol. The van der Waals surface area contributed by atoms with Crippen LogP contribution in [0.15, 0.2) is 54.6 Å². The lowest BCUT2D eigenvalue weighted by Crippen LogP contribution is -2.33. The van der Waals surface area contributed by atoms with Gasteiger partial charge in [0.2, 0.25) is 0 Å². The van der Waals surface area contributed by atoms with E-state index in [1.54, 1.807) is 6.07 Å². The molecule has 4 rings (SSSR count). The fourth-order valence-electron chi connectivity index (χ4n) is 3.50. The van der Waals surface area contributed by atoms with E-state index < -0.39 is 0 Å². The maximum absolute atomic E-state index is 12.7. The minimum Gasteiger partial charge on any atom is -0.486 e. The van der Waals surface area contributed by atoms with Gasteiger partial charge in [0, 0.05) is 31.1 Å². The first-order chi connectivity index (χ1) is 12.7. The first-order valence-corrected chi connectivity index (χ1v) is 9.12. The van der Waals surface area contributed by atoms with Crippen LogP contribution >= 0.6 is 0 Å². The Bertz CT molecular complexity index is 829. The third kappa shape index (κ3) is 3.51. The van der Waals surface area contributed by atoms with Gasteiger partial charge in [-0.15, -0.1) is 0 Å². The smallest absolute Gasteiger partial charge is 0.164 e. The first kappa shape index (κ1) is 16.9. The fraction of sp³-hybridized carbons (Fsp3) is 0.318. The highest BCUT2D eigenvalue weighted by Gasteiger charge is 2.23. The van der Waals surface area contributed by atoms with Crippen LogP contribution in [0.25, 0.3) is 5.57 Å². The van der Waals surface area contributed by atoms with E-state index in [2.05, 4.69) is 42.2 Å². The number of carbonyl (C=O) groups is 1. The molecule has 0 N–H and O–H groups in total. The molecule has 0 aliphatic carbocycles. The highest BCUT2D eigenvalue weighted by molar-refractivity contribution is 5.97. The van der Waals surface area contributed by atoms with Crippen LogP contribution < -0.4 is 9.47 Å². The molecule has 0 aromatic heterocycles. The van der Waals surface area contributed by atoms with E-state index in [9.17, 15) is 4.79 Å². The van der Waals surface area contributed by atoms with Gasteiger partial charge in [-0.2, -0.15) is 0 Å². The van der Waals surface area contributed by atoms with Crippen molar-refractivity contribution >= 4 is 11.4 Å². The van der Waals surface area contributed by atoms with Gasteiger partial charge in [0.15, 0.2) is 17.3 Å². The zero-order chi connectivity index (χ0) is 17.9. The van der Waals surface area contributed by atoms with Crippen molar-refractivity contribution in [2.75, 3.05) is 26.3 Å². The second-order valence-corrected chi connectivity index (χ2v) is 6.86. The zero-order valence-electron chi connectivity index (χ0n) is 15.0. The minimum absolute atomic E-state index is 0.141. The van der Waals surface area contributed by atoms with Crippen molar-refractivity contribution in [3.63, 3.8) is 0 Å². The number of hydrogen-bond donors (Lipinski definition) is 0. The van der Waals surface area contributed by atoms with Crippen LogP contribution in [0, 0.1) is 0 Å². The molecule has 0 saturated heterocycles. The molecule has 2 aliphatic rings. The normalized spacial score (nSPS) is 17.7. The second kappa shape index (κ2) is 7.34. The Morgan fingerprint density at radius 1 is 1.08 bits per heavy atom. The number of ether oxygens (including phenoxy) is 2. The number of fused-ring (bicyclic) bond motifs is 1. The van der Waals surface area contributed by atoms with Gasteiger partial charge in [-0.3, -0.25) is 9.69 Å². The lowest BCUT2D eigenvalue weighted by molar-refractivity contribution is 0.0942. The van der Waals surface area contributed by atoms with E-state index in [4.69, 9.17) is 9.47 Å². The predicted molar refractivity (Wildman–Crippen MR) is 102 cm³/mol. The van der Waals surface area contributed by atoms with Crippen molar-refractivity contribution in [2.45, 2.75) is 19.4 Å². The number of nitrogens with zero attached hydrogens (tertiary/aromatic N) is 1. The van der Waals surface area contributed by atoms with E-state index in [0.717, 1.165) is 18.8 Å². The molecule has 2 aliphatic heterocycles. The van der Waals surface area contributed by atoms with Crippen molar-refractivity contribution in [3.05, 3.63) is 65.7 Å². The molecule has 2 heterocycles. The first-order valence-electron chi connectivity index (χ1n) is 9.12. The van der Waals surface area contributed by atoms with Gasteiger partial charge < -0.3 is 9.47 Å².